The molecule has 0 aromatic heterocycles. The monoisotopic (exact) mass is 420 g/mol. The zero-order chi connectivity index (χ0) is 18.0. The summed E-state index contributed by atoms with van der Waals surface area (Å²) in [6.45, 7) is 2.41. The number of benzene rings is 2. The van der Waals surface area contributed by atoms with Crippen molar-refractivity contribution in [3.8, 4) is 5.75 Å². The summed E-state index contributed by atoms with van der Waals surface area (Å²) in [7, 11) is 0. The van der Waals surface area contributed by atoms with Gasteiger partial charge in [-0.25, -0.2) is 4.39 Å². The van der Waals surface area contributed by atoms with Crippen molar-refractivity contribution in [3.63, 3.8) is 0 Å². The number of carbonyl (C=O) groups is 1. The molecule has 1 fully saturated rings. The Balaban J connectivity index is 1.96. The number of amides is 1. The molecule has 4 nitrogen and oxygen atoms in total. The van der Waals surface area contributed by atoms with E-state index in [0.29, 0.717) is 23.7 Å². The summed E-state index contributed by atoms with van der Waals surface area (Å²) in [4.78, 5) is 14.1. The third kappa shape index (κ3) is 3.72. The molecular formula is C18H14BrFN2O2S. The van der Waals surface area contributed by atoms with Gasteiger partial charge in [-0.1, -0.05) is 15.9 Å². The maximum absolute atomic E-state index is 13.1. The maximum atomic E-state index is 13.1. The fraction of sp³-hybridized carbons (Fsp3) is 0.111. The van der Waals surface area contributed by atoms with Gasteiger partial charge >= 0.3 is 0 Å². The quantitative estimate of drug-likeness (QED) is 0.592. The average Bonchev–Trinajstić information content (AvgIpc) is 2.85. The molecule has 7 heteroatoms. The first-order chi connectivity index (χ1) is 12.0. The predicted octanol–water partition coefficient (Wildman–Crippen LogP) is 4.25. The Morgan fingerprint density at radius 2 is 2.00 bits per heavy atom. The minimum atomic E-state index is -0.375. The van der Waals surface area contributed by atoms with Crippen molar-refractivity contribution in [1.82, 2.24) is 5.32 Å². The highest BCUT2D eigenvalue weighted by atomic mass is 79.9. The smallest absolute Gasteiger partial charge is 0.281 e. The van der Waals surface area contributed by atoms with Gasteiger partial charge in [0.2, 0.25) is 0 Å². The van der Waals surface area contributed by atoms with E-state index in [-0.39, 0.29) is 16.8 Å². The van der Waals surface area contributed by atoms with E-state index in [1.54, 1.807) is 6.08 Å². The molecule has 3 rings (SSSR count). The van der Waals surface area contributed by atoms with Crippen molar-refractivity contribution in [2.24, 2.45) is 0 Å². The van der Waals surface area contributed by atoms with Gasteiger partial charge in [-0.2, -0.15) is 0 Å². The third-order valence-electron chi connectivity index (χ3n) is 3.53. The fourth-order valence-electron chi connectivity index (χ4n) is 2.43. The lowest BCUT2D eigenvalue weighted by Gasteiger charge is -2.13. The van der Waals surface area contributed by atoms with Crippen molar-refractivity contribution in [2.75, 3.05) is 11.5 Å². The normalized spacial score (nSPS) is 15.6. The molecule has 0 aliphatic carbocycles. The number of nitrogens with one attached hydrogen (secondary N) is 1. The van der Waals surface area contributed by atoms with Gasteiger partial charge in [0.25, 0.3) is 5.91 Å². The standard InChI is InChI=1S/C18H14BrFN2O2S/c1-2-24-16-8-3-12(19)9-11(16)10-15-17(23)22(18(25)21-15)14-6-4-13(20)5-7-14/h3-10H,2H2,1H3,(H,21,25)/b15-10+. The first-order valence-corrected chi connectivity index (χ1v) is 8.74. The number of halogens is 2. The average molecular weight is 421 g/mol. The van der Waals surface area contributed by atoms with Crippen LogP contribution < -0.4 is 15.0 Å². The van der Waals surface area contributed by atoms with E-state index in [9.17, 15) is 9.18 Å². The second-order valence-corrected chi connectivity index (χ2v) is 6.52. The molecule has 1 amide bonds. The summed E-state index contributed by atoms with van der Waals surface area (Å²) in [5.41, 5.74) is 1.58. The molecule has 1 aliphatic heterocycles. The number of ether oxygens (including phenoxy) is 1. The molecule has 0 atom stereocenters. The van der Waals surface area contributed by atoms with Crippen molar-refractivity contribution >= 4 is 50.9 Å². The molecule has 0 unspecified atom stereocenters. The van der Waals surface area contributed by atoms with E-state index >= 15 is 0 Å². The molecule has 2 aromatic carbocycles. The molecule has 25 heavy (non-hydrogen) atoms. The molecule has 1 N–H and O–H groups in total. The zero-order valence-electron chi connectivity index (χ0n) is 13.3. The van der Waals surface area contributed by atoms with Gasteiger partial charge in [0.15, 0.2) is 5.11 Å². The van der Waals surface area contributed by atoms with Gasteiger partial charge in [0.1, 0.15) is 17.3 Å². The summed E-state index contributed by atoms with van der Waals surface area (Å²) >= 11 is 8.67. The van der Waals surface area contributed by atoms with Crippen molar-refractivity contribution < 1.29 is 13.9 Å². The van der Waals surface area contributed by atoms with Gasteiger partial charge in [-0.05, 0) is 67.7 Å². The largest absolute Gasteiger partial charge is 0.493 e. The van der Waals surface area contributed by atoms with Crippen LogP contribution in [0.2, 0.25) is 0 Å². The van der Waals surface area contributed by atoms with E-state index in [1.807, 2.05) is 25.1 Å². The van der Waals surface area contributed by atoms with Gasteiger partial charge in [0, 0.05) is 10.0 Å². The number of anilines is 1. The minimum absolute atomic E-state index is 0.246. The van der Waals surface area contributed by atoms with Crippen LogP contribution in [0.25, 0.3) is 6.08 Å². The molecule has 0 spiro atoms. The fourth-order valence-corrected chi connectivity index (χ4v) is 3.11. The first-order valence-electron chi connectivity index (χ1n) is 7.54. The summed E-state index contributed by atoms with van der Waals surface area (Å²) in [5.74, 6) is -0.0153. The van der Waals surface area contributed by atoms with Crippen molar-refractivity contribution in [3.05, 3.63) is 64.0 Å². The molecule has 1 aliphatic rings. The van der Waals surface area contributed by atoms with E-state index in [2.05, 4.69) is 21.2 Å². The van der Waals surface area contributed by atoms with E-state index in [4.69, 9.17) is 17.0 Å². The molecule has 1 saturated heterocycles. The van der Waals surface area contributed by atoms with Crippen LogP contribution in [0.1, 0.15) is 12.5 Å². The van der Waals surface area contributed by atoms with Crippen LogP contribution >= 0.6 is 28.1 Å². The van der Waals surface area contributed by atoms with Crippen LogP contribution in [0.4, 0.5) is 10.1 Å². The summed E-state index contributed by atoms with van der Waals surface area (Å²) in [6, 6.07) is 11.1. The topological polar surface area (TPSA) is 41.6 Å². The summed E-state index contributed by atoms with van der Waals surface area (Å²) < 4.78 is 19.6. The number of hydrogen-bond acceptors (Lipinski definition) is 3. The number of thiocarbonyl (C=S) groups is 1. The lowest BCUT2D eigenvalue weighted by atomic mass is 10.1. The van der Waals surface area contributed by atoms with Crippen molar-refractivity contribution in [1.29, 1.82) is 0 Å². The lowest BCUT2D eigenvalue weighted by molar-refractivity contribution is -0.113. The van der Waals surface area contributed by atoms with E-state index < -0.39 is 0 Å². The molecule has 128 valence electrons. The van der Waals surface area contributed by atoms with E-state index in [0.717, 1.165) is 10.0 Å². The highest BCUT2D eigenvalue weighted by Crippen LogP contribution is 2.28. The highest BCUT2D eigenvalue weighted by molar-refractivity contribution is 9.10. The lowest BCUT2D eigenvalue weighted by Crippen LogP contribution is -2.30. The van der Waals surface area contributed by atoms with Crippen LogP contribution in [-0.4, -0.2) is 17.6 Å². The van der Waals surface area contributed by atoms with Crippen LogP contribution in [0.3, 0.4) is 0 Å². The zero-order valence-corrected chi connectivity index (χ0v) is 15.7. The van der Waals surface area contributed by atoms with Crippen molar-refractivity contribution in [2.45, 2.75) is 6.92 Å². The summed E-state index contributed by atoms with van der Waals surface area (Å²) in [6.07, 6.45) is 1.69. The van der Waals surface area contributed by atoms with Crippen LogP contribution in [-0.2, 0) is 4.79 Å². The molecule has 0 bridgehead atoms. The summed E-state index contributed by atoms with van der Waals surface area (Å²) in [5, 5.41) is 3.15. The second kappa shape index (κ2) is 7.33. The molecule has 0 radical (unpaired) electrons. The predicted molar refractivity (Wildman–Crippen MR) is 103 cm³/mol. The number of carbonyl (C=O) groups excluding carboxylic acids is 1. The number of rotatable bonds is 4. The Hall–Kier alpha value is -2.25. The Labute approximate surface area is 158 Å². The number of nitrogens with zero attached hydrogens (tertiary/aromatic N) is 1. The van der Waals surface area contributed by atoms with E-state index in [1.165, 1.54) is 29.2 Å². The molecule has 2 aromatic rings. The van der Waals surface area contributed by atoms with Gasteiger partial charge in [-0.3, -0.25) is 9.69 Å². The molecular weight excluding hydrogens is 407 g/mol. The third-order valence-corrected chi connectivity index (χ3v) is 4.31. The van der Waals surface area contributed by atoms with Crippen LogP contribution in [0.5, 0.6) is 5.75 Å². The Kier molecular flexibility index (Phi) is 5.15. The van der Waals surface area contributed by atoms with Gasteiger partial charge in [0.05, 0.1) is 12.3 Å². The molecule has 0 saturated carbocycles. The van der Waals surface area contributed by atoms with Gasteiger partial charge < -0.3 is 10.1 Å². The highest BCUT2D eigenvalue weighted by Gasteiger charge is 2.32. The maximum Gasteiger partial charge on any atom is 0.281 e. The Morgan fingerprint density at radius 1 is 1.28 bits per heavy atom. The minimum Gasteiger partial charge on any atom is -0.493 e. The van der Waals surface area contributed by atoms with Crippen LogP contribution in [0.15, 0.2) is 52.6 Å². The second-order valence-electron chi connectivity index (χ2n) is 5.22. The Morgan fingerprint density at radius 3 is 2.68 bits per heavy atom. The molecule has 1 heterocycles. The van der Waals surface area contributed by atoms with Gasteiger partial charge in [-0.15, -0.1) is 0 Å². The number of hydrogen-bond donors (Lipinski definition) is 1. The Bertz CT molecular complexity index is 868. The SMILES string of the molecule is CCOc1ccc(Br)cc1/C=C1/NC(=S)N(c2ccc(F)cc2)C1=O. The van der Waals surface area contributed by atoms with Crippen LogP contribution in [0, 0.1) is 5.82 Å². The first kappa shape index (κ1) is 17.6.